The van der Waals surface area contributed by atoms with Crippen LogP contribution in [0.1, 0.15) is 50.1 Å². The molecule has 0 aromatic heterocycles. The fraction of sp³-hybridized carbons (Fsp3) is 0.314. The van der Waals surface area contributed by atoms with Crippen molar-refractivity contribution < 1.29 is 5.11 Å². The number of hydrogen-bond acceptors (Lipinski definition) is 3. The van der Waals surface area contributed by atoms with E-state index < -0.39 is 0 Å². The van der Waals surface area contributed by atoms with Crippen LogP contribution < -0.4 is 0 Å². The maximum Gasteiger partial charge on any atom is 0.121 e. The standard InChI is InChI=1S/C35H42N2O/c1-26-18-33(19-27(2)30(26)5)24-36(22-31-12-8-6-9-13-31)16-17-37(23-32-14-10-7-11-15-32)25-34-20-28(3)35(38)29(4)21-34/h6-15,18-21,38H,16-17,22-25H2,1-5H3. The van der Waals surface area contributed by atoms with E-state index in [9.17, 15) is 5.11 Å². The van der Waals surface area contributed by atoms with Gasteiger partial charge in [-0.2, -0.15) is 0 Å². The summed E-state index contributed by atoms with van der Waals surface area (Å²) in [7, 11) is 0. The van der Waals surface area contributed by atoms with Gasteiger partial charge in [-0.25, -0.2) is 0 Å². The van der Waals surface area contributed by atoms with Crippen LogP contribution in [0.25, 0.3) is 0 Å². The molecule has 0 heterocycles. The summed E-state index contributed by atoms with van der Waals surface area (Å²) in [5.74, 6) is 0.404. The Labute approximate surface area is 229 Å². The molecular weight excluding hydrogens is 464 g/mol. The molecule has 0 fully saturated rings. The summed E-state index contributed by atoms with van der Waals surface area (Å²) in [6.45, 7) is 16.1. The van der Waals surface area contributed by atoms with Crippen molar-refractivity contribution in [1.82, 2.24) is 9.80 Å². The summed E-state index contributed by atoms with van der Waals surface area (Å²) in [5.41, 5.74) is 11.3. The second-order valence-corrected chi connectivity index (χ2v) is 10.8. The van der Waals surface area contributed by atoms with E-state index in [4.69, 9.17) is 0 Å². The number of hydrogen-bond donors (Lipinski definition) is 1. The van der Waals surface area contributed by atoms with E-state index in [1.165, 1.54) is 38.9 Å². The fourth-order valence-electron chi connectivity index (χ4n) is 5.26. The average molecular weight is 507 g/mol. The zero-order chi connectivity index (χ0) is 27.1. The van der Waals surface area contributed by atoms with Gasteiger partial charge in [-0.15, -0.1) is 0 Å². The minimum Gasteiger partial charge on any atom is -0.507 e. The number of rotatable bonds is 11. The van der Waals surface area contributed by atoms with Crippen LogP contribution in [-0.2, 0) is 26.2 Å². The van der Waals surface area contributed by atoms with Gasteiger partial charge in [0.1, 0.15) is 5.75 Å². The molecule has 0 unspecified atom stereocenters. The Morgan fingerprint density at radius 3 is 1.21 bits per heavy atom. The topological polar surface area (TPSA) is 26.7 Å². The molecule has 0 aliphatic carbocycles. The Balaban J connectivity index is 1.56. The molecule has 38 heavy (non-hydrogen) atoms. The highest BCUT2D eigenvalue weighted by Crippen LogP contribution is 2.24. The Hall–Kier alpha value is -3.40. The molecule has 0 atom stereocenters. The van der Waals surface area contributed by atoms with E-state index in [1.807, 2.05) is 13.8 Å². The predicted octanol–water partition coefficient (Wildman–Crippen LogP) is 7.64. The molecule has 4 aromatic rings. The molecule has 3 heteroatoms. The number of phenolic OH excluding ortho intramolecular Hbond substituents is 1. The third-order valence-corrected chi connectivity index (χ3v) is 7.58. The van der Waals surface area contributed by atoms with E-state index in [2.05, 4.69) is 116 Å². The number of phenols is 1. The van der Waals surface area contributed by atoms with Crippen LogP contribution in [-0.4, -0.2) is 28.0 Å². The molecular formula is C35H42N2O. The lowest BCUT2D eigenvalue weighted by atomic mass is 10.0. The van der Waals surface area contributed by atoms with Crippen LogP contribution in [0.2, 0.25) is 0 Å². The second kappa shape index (κ2) is 12.9. The molecule has 1 N–H and O–H groups in total. The van der Waals surface area contributed by atoms with Gasteiger partial charge in [0.2, 0.25) is 0 Å². The van der Waals surface area contributed by atoms with Crippen molar-refractivity contribution in [2.75, 3.05) is 13.1 Å². The number of nitrogens with zero attached hydrogens (tertiary/aromatic N) is 2. The first-order valence-electron chi connectivity index (χ1n) is 13.7. The number of benzene rings is 4. The monoisotopic (exact) mass is 506 g/mol. The minimum atomic E-state index is 0.404. The highest BCUT2D eigenvalue weighted by molar-refractivity contribution is 5.42. The first-order chi connectivity index (χ1) is 18.3. The summed E-state index contributed by atoms with van der Waals surface area (Å²) < 4.78 is 0. The van der Waals surface area contributed by atoms with Crippen LogP contribution in [0.15, 0.2) is 84.9 Å². The first kappa shape index (κ1) is 27.6. The first-order valence-corrected chi connectivity index (χ1v) is 13.7. The third-order valence-electron chi connectivity index (χ3n) is 7.58. The Morgan fingerprint density at radius 1 is 0.474 bits per heavy atom. The van der Waals surface area contributed by atoms with E-state index in [1.54, 1.807) is 0 Å². The number of aryl methyl sites for hydroxylation is 4. The van der Waals surface area contributed by atoms with Gasteiger partial charge in [0, 0.05) is 39.3 Å². The fourth-order valence-corrected chi connectivity index (χ4v) is 5.26. The normalized spacial score (nSPS) is 11.4. The van der Waals surface area contributed by atoms with Gasteiger partial charge in [0.15, 0.2) is 0 Å². The maximum absolute atomic E-state index is 10.3. The van der Waals surface area contributed by atoms with Gasteiger partial charge in [0.05, 0.1) is 0 Å². The van der Waals surface area contributed by atoms with Crippen LogP contribution in [0.3, 0.4) is 0 Å². The van der Waals surface area contributed by atoms with Gasteiger partial charge >= 0.3 is 0 Å². The van der Waals surface area contributed by atoms with Gasteiger partial charge < -0.3 is 5.11 Å². The van der Waals surface area contributed by atoms with E-state index in [0.29, 0.717) is 5.75 Å². The highest BCUT2D eigenvalue weighted by Gasteiger charge is 2.14. The highest BCUT2D eigenvalue weighted by atomic mass is 16.3. The maximum atomic E-state index is 10.3. The van der Waals surface area contributed by atoms with Crippen LogP contribution in [0, 0.1) is 34.6 Å². The average Bonchev–Trinajstić information content (AvgIpc) is 2.90. The SMILES string of the molecule is Cc1cc(CN(CCN(Cc2ccccc2)Cc2cc(C)c(O)c(C)c2)Cc2ccccc2)cc(C)c1C. The molecule has 0 aliphatic heterocycles. The quantitative estimate of drug-likeness (QED) is 0.226. The molecule has 0 saturated heterocycles. The molecule has 4 aromatic carbocycles. The van der Waals surface area contributed by atoms with Crippen molar-refractivity contribution in [3.8, 4) is 5.75 Å². The second-order valence-electron chi connectivity index (χ2n) is 10.8. The Kier molecular flexibility index (Phi) is 9.38. The summed E-state index contributed by atoms with van der Waals surface area (Å²) in [6.07, 6.45) is 0. The molecule has 198 valence electrons. The molecule has 0 amide bonds. The van der Waals surface area contributed by atoms with E-state index in [0.717, 1.165) is 50.4 Å². The van der Waals surface area contributed by atoms with Crippen molar-refractivity contribution >= 4 is 0 Å². The van der Waals surface area contributed by atoms with Gasteiger partial charge in [-0.1, -0.05) is 84.9 Å². The van der Waals surface area contributed by atoms with Gasteiger partial charge in [-0.05, 0) is 84.7 Å². The molecule has 0 radical (unpaired) electrons. The van der Waals surface area contributed by atoms with Gasteiger partial charge in [-0.3, -0.25) is 9.80 Å². The molecule has 0 saturated carbocycles. The Morgan fingerprint density at radius 2 is 0.816 bits per heavy atom. The molecule has 4 rings (SSSR count). The summed E-state index contributed by atoms with van der Waals surface area (Å²) in [4.78, 5) is 5.11. The molecule has 3 nitrogen and oxygen atoms in total. The van der Waals surface area contributed by atoms with Crippen molar-refractivity contribution in [2.45, 2.75) is 60.8 Å². The Bertz CT molecular complexity index is 1180. The lowest BCUT2D eigenvalue weighted by molar-refractivity contribution is 0.182. The smallest absolute Gasteiger partial charge is 0.121 e. The van der Waals surface area contributed by atoms with Gasteiger partial charge in [0.25, 0.3) is 0 Å². The van der Waals surface area contributed by atoms with E-state index >= 15 is 0 Å². The molecule has 0 aliphatic rings. The third kappa shape index (κ3) is 7.56. The van der Waals surface area contributed by atoms with Crippen LogP contribution >= 0.6 is 0 Å². The molecule has 0 spiro atoms. The van der Waals surface area contributed by atoms with Crippen LogP contribution in [0.4, 0.5) is 0 Å². The predicted molar refractivity (Wildman–Crippen MR) is 159 cm³/mol. The minimum absolute atomic E-state index is 0.404. The lowest BCUT2D eigenvalue weighted by Gasteiger charge is -2.29. The zero-order valence-corrected chi connectivity index (χ0v) is 23.7. The van der Waals surface area contributed by atoms with E-state index in [-0.39, 0.29) is 0 Å². The van der Waals surface area contributed by atoms with Crippen molar-refractivity contribution in [2.24, 2.45) is 0 Å². The van der Waals surface area contributed by atoms with Crippen molar-refractivity contribution in [3.05, 3.63) is 135 Å². The summed E-state index contributed by atoms with van der Waals surface area (Å²) >= 11 is 0. The largest absolute Gasteiger partial charge is 0.507 e. The zero-order valence-electron chi connectivity index (χ0n) is 23.7. The van der Waals surface area contributed by atoms with Crippen molar-refractivity contribution in [1.29, 1.82) is 0 Å². The number of aromatic hydroxyl groups is 1. The van der Waals surface area contributed by atoms with Crippen LogP contribution in [0.5, 0.6) is 5.75 Å². The van der Waals surface area contributed by atoms with Crippen molar-refractivity contribution in [3.63, 3.8) is 0 Å². The summed E-state index contributed by atoms with van der Waals surface area (Å²) in [5, 5.41) is 10.3. The summed E-state index contributed by atoms with van der Waals surface area (Å²) in [6, 6.07) is 30.5. The molecule has 0 bridgehead atoms. The lowest BCUT2D eigenvalue weighted by Crippen LogP contribution is -2.34.